The van der Waals surface area contributed by atoms with E-state index in [2.05, 4.69) is 0 Å². The van der Waals surface area contributed by atoms with Crippen LogP contribution in [-0.4, -0.2) is 11.7 Å². The molecular formula is C14H15FO2S. The Morgan fingerprint density at radius 1 is 1.39 bits per heavy atom. The second-order valence-corrected chi connectivity index (χ2v) is 5.07. The monoisotopic (exact) mass is 266 g/mol. The maximum atomic E-state index is 13.6. The Hall–Kier alpha value is -1.39. The summed E-state index contributed by atoms with van der Waals surface area (Å²) in [5.41, 5.74) is 0.292. The van der Waals surface area contributed by atoms with Gasteiger partial charge in [-0.25, -0.2) is 4.39 Å². The van der Waals surface area contributed by atoms with Crippen molar-refractivity contribution in [3.63, 3.8) is 0 Å². The minimum Gasteiger partial charge on any atom is -0.493 e. The second-order valence-electron chi connectivity index (χ2n) is 4.04. The fourth-order valence-corrected chi connectivity index (χ4v) is 2.35. The summed E-state index contributed by atoms with van der Waals surface area (Å²) in [4.78, 5) is 1.25. The van der Waals surface area contributed by atoms with E-state index in [0.29, 0.717) is 17.9 Å². The molecule has 0 aliphatic carbocycles. The summed E-state index contributed by atoms with van der Waals surface area (Å²) in [5.74, 6) is 0.0621. The highest BCUT2D eigenvalue weighted by atomic mass is 32.1. The molecule has 2 rings (SSSR count). The van der Waals surface area contributed by atoms with Crippen LogP contribution in [0.15, 0.2) is 35.7 Å². The summed E-state index contributed by atoms with van der Waals surface area (Å²) in [6, 6.07) is 8.60. The Bertz CT molecular complexity index is 495. The van der Waals surface area contributed by atoms with E-state index in [1.807, 2.05) is 17.5 Å². The molecule has 0 aliphatic heterocycles. The van der Waals surface area contributed by atoms with E-state index in [9.17, 15) is 9.50 Å². The Balaban J connectivity index is 1.92. The summed E-state index contributed by atoms with van der Waals surface area (Å²) >= 11 is 1.68. The molecule has 18 heavy (non-hydrogen) atoms. The highest BCUT2D eigenvalue weighted by Gasteiger charge is 2.08. The molecule has 0 amide bonds. The van der Waals surface area contributed by atoms with Crippen LogP contribution >= 0.6 is 11.3 Å². The number of thiophene rings is 1. The minimum absolute atomic E-state index is 0.292. The maximum absolute atomic E-state index is 13.6. The van der Waals surface area contributed by atoms with Crippen molar-refractivity contribution in [2.24, 2.45) is 0 Å². The van der Waals surface area contributed by atoms with Gasteiger partial charge < -0.3 is 9.84 Å². The van der Waals surface area contributed by atoms with Crippen LogP contribution in [-0.2, 0) is 6.42 Å². The van der Waals surface area contributed by atoms with Crippen LogP contribution < -0.4 is 4.74 Å². The predicted molar refractivity (Wildman–Crippen MR) is 70.6 cm³/mol. The van der Waals surface area contributed by atoms with E-state index < -0.39 is 11.9 Å². The van der Waals surface area contributed by atoms with E-state index >= 15 is 0 Å². The van der Waals surface area contributed by atoms with Crippen LogP contribution in [0.25, 0.3) is 0 Å². The first-order valence-corrected chi connectivity index (χ1v) is 6.67. The third-order valence-corrected chi connectivity index (χ3v) is 3.56. The van der Waals surface area contributed by atoms with E-state index in [1.54, 1.807) is 23.5 Å². The first-order chi connectivity index (χ1) is 8.66. The number of benzene rings is 1. The Labute approximate surface area is 110 Å². The molecule has 0 fully saturated rings. The van der Waals surface area contributed by atoms with Gasteiger partial charge in [0.1, 0.15) is 11.6 Å². The van der Waals surface area contributed by atoms with E-state index in [1.165, 1.54) is 17.9 Å². The van der Waals surface area contributed by atoms with E-state index in [-0.39, 0.29) is 0 Å². The van der Waals surface area contributed by atoms with Gasteiger partial charge >= 0.3 is 0 Å². The minimum atomic E-state index is -0.801. The number of aliphatic hydroxyl groups excluding tert-OH is 1. The van der Waals surface area contributed by atoms with Gasteiger partial charge in [-0.3, -0.25) is 0 Å². The fraction of sp³-hybridized carbons (Fsp3) is 0.286. The van der Waals surface area contributed by atoms with Crippen molar-refractivity contribution >= 4 is 11.3 Å². The number of hydrogen-bond donors (Lipinski definition) is 1. The number of rotatable bonds is 5. The first kappa shape index (κ1) is 13.1. The number of ether oxygens (including phenoxy) is 1. The lowest BCUT2D eigenvalue weighted by Crippen LogP contribution is -2.02. The van der Waals surface area contributed by atoms with Crippen molar-refractivity contribution < 1.29 is 14.2 Å². The van der Waals surface area contributed by atoms with Gasteiger partial charge in [-0.05, 0) is 30.5 Å². The molecule has 1 N–H and O–H groups in total. The molecule has 0 saturated heterocycles. The normalized spacial score (nSPS) is 12.4. The van der Waals surface area contributed by atoms with Crippen molar-refractivity contribution in [1.29, 1.82) is 0 Å². The van der Waals surface area contributed by atoms with Crippen molar-refractivity contribution in [2.45, 2.75) is 19.4 Å². The largest absolute Gasteiger partial charge is 0.493 e. The average molecular weight is 266 g/mol. The molecule has 1 aromatic heterocycles. The standard InChI is InChI=1S/C14H15FO2S/c1-10(16)13-5-4-11(9-14(13)15)17-7-6-12-3-2-8-18-12/h2-5,8-10,16H,6-7H2,1H3/t10-/m0/s1. The molecule has 1 aromatic carbocycles. The maximum Gasteiger partial charge on any atom is 0.132 e. The lowest BCUT2D eigenvalue weighted by molar-refractivity contribution is 0.194. The Kier molecular flexibility index (Phi) is 4.33. The topological polar surface area (TPSA) is 29.5 Å². The van der Waals surface area contributed by atoms with E-state index in [0.717, 1.165) is 6.42 Å². The van der Waals surface area contributed by atoms with Crippen LogP contribution in [0.5, 0.6) is 5.75 Å². The van der Waals surface area contributed by atoms with Gasteiger partial charge in [0, 0.05) is 22.9 Å². The van der Waals surface area contributed by atoms with E-state index in [4.69, 9.17) is 4.74 Å². The summed E-state index contributed by atoms with van der Waals surface area (Å²) in [5, 5.41) is 11.3. The Morgan fingerprint density at radius 2 is 2.22 bits per heavy atom. The summed E-state index contributed by atoms with van der Waals surface area (Å²) in [6.07, 6.45) is 0.0161. The molecule has 0 unspecified atom stereocenters. The lowest BCUT2D eigenvalue weighted by Gasteiger charge is -2.09. The third-order valence-electron chi connectivity index (χ3n) is 2.62. The second kappa shape index (κ2) is 5.98. The summed E-state index contributed by atoms with van der Waals surface area (Å²) in [6.45, 7) is 2.06. The zero-order valence-electron chi connectivity index (χ0n) is 10.1. The molecule has 0 saturated carbocycles. The van der Waals surface area contributed by atoms with Gasteiger partial charge in [0.05, 0.1) is 12.7 Å². The fourth-order valence-electron chi connectivity index (χ4n) is 1.66. The van der Waals surface area contributed by atoms with Crippen LogP contribution in [0, 0.1) is 5.82 Å². The molecule has 4 heteroatoms. The SMILES string of the molecule is C[C@H](O)c1ccc(OCCc2cccs2)cc1F. The third kappa shape index (κ3) is 3.31. The average Bonchev–Trinajstić information content (AvgIpc) is 2.81. The molecule has 2 aromatic rings. The van der Waals surface area contributed by atoms with Gasteiger partial charge in [-0.2, -0.15) is 0 Å². The number of hydrogen-bond acceptors (Lipinski definition) is 3. The molecule has 0 radical (unpaired) electrons. The van der Waals surface area contributed by atoms with Crippen molar-refractivity contribution in [3.05, 3.63) is 52.0 Å². The van der Waals surface area contributed by atoms with Crippen molar-refractivity contribution in [2.75, 3.05) is 6.61 Å². The number of halogens is 1. The molecule has 1 heterocycles. The molecule has 2 nitrogen and oxygen atoms in total. The molecule has 0 spiro atoms. The van der Waals surface area contributed by atoms with Gasteiger partial charge in [0.2, 0.25) is 0 Å². The van der Waals surface area contributed by atoms with Crippen LogP contribution in [0.4, 0.5) is 4.39 Å². The van der Waals surface area contributed by atoms with Crippen LogP contribution in [0.1, 0.15) is 23.5 Å². The Morgan fingerprint density at radius 3 is 2.83 bits per heavy atom. The zero-order chi connectivity index (χ0) is 13.0. The summed E-state index contributed by atoms with van der Waals surface area (Å²) < 4.78 is 19.0. The van der Waals surface area contributed by atoms with Crippen LogP contribution in [0.2, 0.25) is 0 Å². The van der Waals surface area contributed by atoms with Gasteiger partial charge in [-0.1, -0.05) is 6.07 Å². The summed E-state index contributed by atoms with van der Waals surface area (Å²) in [7, 11) is 0. The molecule has 0 bridgehead atoms. The quantitative estimate of drug-likeness (QED) is 0.896. The number of aliphatic hydroxyl groups is 1. The van der Waals surface area contributed by atoms with Crippen LogP contribution in [0.3, 0.4) is 0 Å². The molecule has 96 valence electrons. The predicted octanol–water partition coefficient (Wildman–Crippen LogP) is 3.56. The van der Waals surface area contributed by atoms with Gasteiger partial charge in [0.25, 0.3) is 0 Å². The zero-order valence-corrected chi connectivity index (χ0v) is 10.9. The van der Waals surface area contributed by atoms with Crippen molar-refractivity contribution in [3.8, 4) is 5.75 Å². The van der Waals surface area contributed by atoms with Gasteiger partial charge in [-0.15, -0.1) is 11.3 Å². The van der Waals surface area contributed by atoms with Crippen molar-refractivity contribution in [1.82, 2.24) is 0 Å². The highest BCUT2D eigenvalue weighted by Crippen LogP contribution is 2.22. The smallest absolute Gasteiger partial charge is 0.132 e. The highest BCUT2D eigenvalue weighted by molar-refractivity contribution is 7.09. The van der Waals surface area contributed by atoms with Gasteiger partial charge in [0.15, 0.2) is 0 Å². The molecule has 0 aliphatic rings. The molecular weight excluding hydrogens is 251 g/mol. The molecule has 1 atom stereocenters. The first-order valence-electron chi connectivity index (χ1n) is 5.79. The lowest BCUT2D eigenvalue weighted by atomic mass is 10.1.